The number of hydrogen-bond acceptors (Lipinski definition) is 1. The Hall–Kier alpha value is -8.56. The van der Waals surface area contributed by atoms with Gasteiger partial charge in [0.2, 0.25) is 0 Å². The maximum atomic E-state index is 2.58. The summed E-state index contributed by atoms with van der Waals surface area (Å²) in [7, 11) is 0. The summed E-state index contributed by atoms with van der Waals surface area (Å²) in [5, 5.41) is 2.59. The van der Waals surface area contributed by atoms with Gasteiger partial charge in [-0.25, -0.2) is 0 Å². The third-order valence-electron chi connectivity index (χ3n) is 18.2. The molecule has 0 fully saturated rings. The molecule has 0 amide bonds. The molecule has 1 nitrogen and oxygen atoms in total. The van der Waals surface area contributed by atoms with Crippen molar-refractivity contribution >= 4 is 45.3 Å². The normalized spacial score (nSPS) is 15.2. The van der Waals surface area contributed by atoms with E-state index in [1.807, 2.05) is 11.3 Å². The minimum atomic E-state index is -0.515. The highest BCUT2D eigenvalue weighted by Crippen LogP contribution is 2.68. The van der Waals surface area contributed by atoms with Crippen molar-refractivity contribution in [1.29, 1.82) is 0 Å². The van der Waals surface area contributed by atoms with Gasteiger partial charge in [0.15, 0.2) is 0 Å². The number of fused-ring (bicyclic) bond motifs is 22. The molecule has 2 heterocycles. The van der Waals surface area contributed by atoms with Crippen LogP contribution < -0.4 is 0 Å². The van der Waals surface area contributed by atoms with E-state index < -0.39 is 10.8 Å². The molecule has 0 N–H and O–H groups in total. The number of rotatable bonds is 6. The molecule has 12 aromatic rings. The van der Waals surface area contributed by atoms with E-state index in [1.165, 1.54) is 137 Å². The lowest BCUT2D eigenvalue weighted by Gasteiger charge is -2.49. The van der Waals surface area contributed by atoms with Crippen molar-refractivity contribution in [3.8, 4) is 49.5 Å². The van der Waals surface area contributed by atoms with Crippen molar-refractivity contribution in [2.75, 3.05) is 0 Å². The van der Waals surface area contributed by atoms with E-state index in [2.05, 4.69) is 267 Å². The number of hydrogen-bond donors (Lipinski definition) is 0. The quantitative estimate of drug-likeness (QED) is 0.156. The maximum Gasteiger partial charge on any atom is 0.0720 e. The molecule has 0 saturated heterocycles. The van der Waals surface area contributed by atoms with Gasteiger partial charge in [-0.1, -0.05) is 214 Å². The Kier molecular flexibility index (Phi) is 9.00. The number of thiophene rings is 1. The third kappa shape index (κ3) is 5.47. The Labute approximate surface area is 442 Å². The predicted molar refractivity (Wildman–Crippen MR) is 314 cm³/mol. The summed E-state index contributed by atoms with van der Waals surface area (Å²) in [4.78, 5) is 2.51. The van der Waals surface area contributed by atoms with Gasteiger partial charge < -0.3 is 4.57 Å². The summed E-state index contributed by atoms with van der Waals surface area (Å²) in [5.74, 6) is 0. The van der Waals surface area contributed by atoms with Crippen LogP contribution in [0.5, 0.6) is 0 Å². The molecule has 10 aromatic carbocycles. The predicted octanol–water partition coefficient (Wildman–Crippen LogP) is 18.8. The molecule has 75 heavy (non-hydrogen) atoms. The number of benzene rings is 10. The topological polar surface area (TPSA) is 4.93 Å². The van der Waals surface area contributed by atoms with Gasteiger partial charge in [0.1, 0.15) is 0 Å². The fraction of sp³-hybridized carbons (Fsp3) is 0.0959. The summed E-state index contributed by atoms with van der Waals surface area (Å²) >= 11 is 1.88. The highest BCUT2D eigenvalue weighted by atomic mass is 32.1. The largest absolute Gasteiger partial charge is 0.309 e. The monoisotopic (exact) mass is 973 g/mol. The maximum absolute atomic E-state index is 2.58. The molecule has 4 aliphatic carbocycles. The number of aromatic nitrogens is 1. The Balaban J connectivity index is 0.811. The van der Waals surface area contributed by atoms with Crippen LogP contribution in [-0.4, -0.2) is 4.57 Å². The average molecular weight is 974 g/mol. The number of para-hydroxylation sites is 2. The van der Waals surface area contributed by atoms with Gasteiger partial charge in [-0.15, -0.1) is 11.3 Å². The molecule has 0 aliphatic heterocycles. The molecule has 2 aromatic heterocycles. The Bertz CT molecular complexity index is 4270. The molecule has 0 radical (unpaired) electrons. The van der Waals surface area contributed by atoms with Crippen LogP contribution in [0, 0.1) is 0 Å². The lowest BCUT2D eigenvalue weighted by Crippen LogP contribution is -2.43. The first-order valence-electron chi connectivity index (χ1n) is 26.8. The lowest BCUT2D eigenvalue weighted by molar-refractivity contribution is 0.490. The second-order valence-electron chi connectivity index (χ2n) is 21.2. The zero-order chi connectivity index (χ0) is 49.6. The first-order chi connectivity index (χ1) is 37.1. The zero-order valence-electron chi connectivity index (χ0n) is 41.9. The van der Waals surface area contributed by atoms with Crippen molar-refractivity contribution in [3.63, 3.8) is 0 Å². The SMILES string of the molecule is CCC1(CC)c2cc(/C=C/c3ccc(-c4ccc5c(c4)C4(c6ccccc6-c6ccccc64)c4ccccc4C54c5ccccc5-c5ccccc54)s3)ccc2-c2ccc(-n3c4ccccc4c4ccccc43)cc21. The highest BCUT2D eigenvalue weighted by molar-refractivity contribution is 7.16. The van der Waals surface area contributed by atoms with Gasteiger partial charge >= 0.3 is 0 Å². The average Bonchev–Trinajstić information content (AvgIpc) is 4.38. The zero-order valence-corrected chi connectivity index (χ0v) is 42.8. The first-order valence-corrected chi connectivity index (χ1v) is 27.6. The smallest absolute Gasteiger partial charge is 0.0720 e. The summed E-state index contributed by atoms with van der Waals surface area (Å²) in [5.41, 5.74) is 26.9. The molecular formula is C73H51NS. The molecule has 0 bridgehead atoms. The van der Waals surface area contributed by atoms with Crippen molar-refractivity contribution in [1.82, 2.24) is 4.57 Å². The Morgan fingerprint density at radius 1 is 0.360 bits per heavy atom. The summed E-state index contributed by atoms with van der Waals surface area (Å²) < 4.78 is 2.46. The van der Waals surface area contributed by atoms with Crippen LogP contribution in [0.2, 0.25) is 0 Å². The van der Waals surface area contributed by atoms with E-state index in [9.17, 15) is 0 Å². The molecule has 0 unspecified atom stereocenters. The summed E-state index contributed by atoms with van der Waals surface area (Å²) in [6, 6.07) is 90.4. The summed E-state index contributed by atoms with van der Waals surface area (Å²) in [6.07, 6.45) is 6.74. The van der Waals surface area contributed by atoms with Crippen LogP contribution in [0.25, 0.3) is 83.5 Å². The van der Waals surface area contributed by atoms with Crippen LogP contribution in [0.15, 0.2) is 237 Å². The van der Waals surface area contributed by atoms with E-state index in [-0.39, 0.29) is 5.41 Å². The van der Waals surface area contributed by atoms with Gasteiger partial charge in [0, 0.05) is 31.6 Å². The minimum Gasteiger partial charge on any atom is -0.309 e. The van der Waals surface area contributed by atoms with Crippen LogP contribution in [0.1, 0.15) is 92.8 Å². The summed E-state index contributed by atoms with van der Waals surface area (Å²) in [6.45, 7) is 4.75. The van der Waals surface area contributed by atoms with Gasteiger partial charge in [-0.3, -0.25) is 0 Å². The Morgan fingerprint density at radius 2 is 0.813 bits per heavy atom. The first kappa shape index (κ1) is 42.9. The third-order valence-corrected chi connectivity index (χ3v) is 19.3. The van der Waals surface area contributed by atoms with Gasteiger partial charge in [0.25, 0.3) is 0 Å². The van der Waals surface area contributed by atoms with Crippen LogP contribution in [0.4, 0.5) is 0 Å². The van der Waals surface area contributed by atoms with Crippen LogP contribution in [-0.2, 0) is 16.2 Å². The molecular weight excluding hydrogens is 923 g/mol. The second kappa shape index (κ2) is 15.7. The number of nitrogens with zero attached hydrogens (tertiary/aromatic N) is 1. The molecule has 0 atom stereocenters. The highest BCUT2D eigenvalue weighted by Gasteiger charge is 2.59. The lowest BCUT2D eigenvalue weighted by atomic mass is 9.52. The van der Waals surface area contributed by atoms with Crippen LogP contribution in [0.3, 0.4) is 0 Å². The molecule has 16 rings (SSSR count). The second-order valence-corrected chi connectivity index (χ2v) is 22.3. The fourth-order valence-corrected chi connectivity index (χ4v) is 16.0. The van der Waals surface area contributed by atoms with Crippen molar-refractivity contribution in [2.24, 2.45) is 0 Å². The van der Waals surface area contributed by atoms with E-state index in [0.29, 0.717) is 0 Å². The molecule has 4 aliphatic rings. The standard InChI is InChI=1S/C73H51NS/c1-3-71(4-2)65-43-46(34-39-54(65)55-40-36-48(45-66(55)71)74-68-31-17-9-23-56(68)57-24-10-18-32-69(57)74)33-37-49-38-42-70(75-49)47-35-41-64-67(44-47)73(60-27-13-7-21-52(60)53-22-8-14-28-61(53)73)63-30-16-15-29-62(63)72(64)58-25-11-5-19-50(58)51-20-6-12-26-59(51)72/h5-45H,3-4H2,1-2H3/b37-33+. The molecule has 2 spiro atoms. The molecule has 354 valence electrons. The minimum absolute atomic E-state index is 0.0781. The van der Waals surface area contributed by atoms with E-state index in [1.54, 1.807) is 0 Å². The Morgan fingerprint density at radius 3 is 1.37 bits per heavy atom. The van der Waals surface area contributed by atoms with Gasteiger partial charge in [0.05, 0.1) is 21.9 Å². The van der Waals surface area contributed by atoms with E-state index in [0.717, 1.165) is 12.8 Å². The van der Waals surface area contributed by atoms with E-state index >= 15 is 0 Å². The molecule has 2 heteroatoms. The van der Waals surface area contributed by atoms with Crippen molar-refractivity contribution in [3.05, 3.63) is 303 Å². The fourth-order valence-electron chi connectivity index (χ4n) is 15.1. The van der Waals surface area contributed by atoms with Crippen molar-refractivity contribution in [2.45, 2.75) is 42.9 Å². The van der Waals surface area contributed by atoms with Gasteiger partial charge in [-0.2, -0.15) is 0 Å². The van der Waals surface area contributed by atoms with Crippen LogP contribution >= 0.6 is 11.3 Å². The molecule has 0 saturated carbocycles. The van der Waals surface area contributed by atoms with Crippen molar-refractivity contribution < 1.29 is 0 Å². The van der Waals surface area contributed by atoms with Gasteiger partial charge in [-0.05, 0) is 162 Å². The van der Waals surface area contributed by atoms with E-state index in [4.69, 9.17) is 0 Å².